The summed E-state index contributed by atoms with van der Waals surface area (Å²) in [6.07, 6.45) is 0.174. The Labute approximate surface area is 70.8 Å². The van der Waals surface area contributed by atoms with Crippen LogP contribution in [0.15, 0.2) is 0 Å². The van der Waals surface area contributed by atoms with E-state index in [2.05, 4.69) is 0 Å². The lowest BCUT2D eigenvalue weighted by Gasteiger charge is -2.12. The fourth-order valence-corrected chi connectivity index (χ4v) is 1.13. The Kier molecular flexibility index (Phi) is 2.68. The third-order valence-electron chi connectivity index (χ3n) is 1.86. The van der Waals surface area contributed by atoms with Gasteiger partial charge in [0.15, 0.2) is 0 Å². The van der Waals surface area contributed by atoms with Crippen molar-refractivity contribution in [3.05, 3.63) is 0 Å². The predicted octanol–water partition coefficient (Wildman–Crippen LogP) is 0.501. The van der Waals surface area contributed by atoms with Crippen LogP contribution in [0.4, 0.5) is 0 Å². The lowest BCUT2D eigenvalue weighted by molar-refractivity contribution is -0.151. The van der Waals surface area contributed by atoms with E-state index in [1.165, 1.54) is 6.92 Å². The van der Waals surface area contributed by atoms with Crippen molar-refractivity contribution in [2.24, 2.45) is 5.92 Å². The van der Waals surface area contributed by atoms with E-state index >= 15 is 0 Å². The maximum atomic E-state index is 10.7. The zero-order chi connectivity index (χ0) is 9.14. The lowest BCUT2D eigenvalue weighted by Crippen LogP contribution is -2.22. The summed E-state index contributed by atoms with van der Waals surface area (Å²) >= 11 is 0. The second kappa shape index (κ2) is 3.56. The Hall–Kier alpha value is -1.06. The van der Waals surface area contributed by atoms with Crippen LogP contribution >= 0.6 is 0 Å². The molecule has 1 saturated heterocycles. The van der Waals surface area contributed by atoms with Gasteiger partial charge in [-0.2, -0.15) is 0 Å². The molecular weight excluding hydrogens is 160 g/mol. The van der Waals surface area contributed by atoms with Crippen LogP contribution in [0, 0.1) is 5.92 Å². The molecule has 0 N–H and O–H groups in total. The summed E-state index contributed by atoms with van der Waals surface area (Å²) in [6.45, 7) is 3.42. The Morgan fingerprint density at radius 1 is 1.75 bits per heavy atom. The number of hydrogen-bond acceptors (Lipinski definition) is 4. The van der Waals surface area contributed by atoms with Gasteiger partial charge >= 0.3 is 11.9 Å². The molecule has 0 bridgehead atoms. The minimum absolute atomic E-state index is 0.150. The van der Waals surface area contributed by atoms with Crippen molar-refractivity contribution in [1.82, 2.24) is 0 Å². The molecule has 12 heavy (non-hydrogen) atoms. The van der Waals surface area contributed by atoms with Crippen molar-refractivity contribution in [2.45, 2.75) is 26.4 Å². The Balaban J connectivity index is 2.33. The molecule has 0 aromatic carbocycles. The van der Waals surface area contributed by atoms with Gasteiger partial charge in [-0.25, -0.2) is 0 Å². The fourth-order valence-electron chi connectivity index (χ4n) is 1.13. The summed E-state index contributed by atoms with van der Waals surface area (Å²) in [7, 11) is 0. The number of carbonyl (C=O) groups excluding carboxylic acids is 2. The molecular formula is C8H12O4. The van der Waals surface area contributed by atoms with Crippen LogP contribution in [0.3, 0.4) is 0 Å². The van der Waals surface area contributed by atoms with Crippen LogP contribution in [0.5, 0.6) is 0 Å². The highest BCUT2D eigenvalue weighted by Gasteiger charge is 2.31. The normalized spacial score (nSPS) is 28.3. The van der Waals surface area contributed by atoms with E-state index in [0.29, 0.717) is 6.42 Å². The maximum Gasteiger partial charge on any atom is 0.306 e. The predicted molar refractivity (Wildman–Crippen MR) is 40.3 cm³/mol. The summed E-state index contributed by atoms with van der Waals surface area (Å²) in [4.78, 5) is 21.2. The van der Waals surface area contributed by atoms with Gasteiger partial charge in [-0.05, 0) is 0 Å². The third-order valence-corrected chi connectivity index (χ3v) is 1.86. The largest absolute Gasteiger partial charge is 0.462 e. The fraction of sp³-hybridized carbons (Fsp3) is 0.750. The van der Waals surface area contributed by atoms with Gasteiger partial charge in [0.2, 0.25) is 0 Å². The molecule has 4 nitrogen and oxygen atoms in total. The summed E-state index contributed by atoms with van der Waals surface area (Å²) in [5.74, 6) is -0.401. The van der Waals surface area contributed by atoms with Crippen molar-refractivity contribution in [2.75, 3.05) is 6.61 Å². The number of rotatable bonds is 2. The highest BCUT2D eigenvalue weighted by atomic mass is 16.6. The van der Waals surface area contributed by atoms with Gasteiger partial charge in [0, 0.05) is 12.8 Å². The van der Waals surface area contributed by atoms with Crippen LogP contribution in [-0.2, 0) is 19.1 Å². The molecule has 0 aromatic rings. The molecule has 1 rings (SSSR count). The van der Waals surface area contributed by atoms with E-state index in [9.17, 15) is 9.59 Å². The first-order valence-electron chi connectivity index (χ1n) is 3.92. The molecule has 1 aliphatic heterocycles. The zero-order valence-electron chi connectivity index (χ0n) is 7.20. The van der Waals surface area contributed by atoms with Crippen molar-refractivity contribution >= 4 is 11.9 Å². The van der Waals surface area contributed by atoms with E-state index in [-0.39, 0.29) is 30.6 Å². The van der Waals surface area contributed by atoms with Gasteiger partial charge in [0.25, 0.3) is 0 Å². The van der Waals surface area contributed by atoms with Crippen molar-refractivity contribution in [3.8, 4) is 0 Å². The van der Waals surface area contributed by atoms with E-state index in [0.717, 1.165) is 0 Å². The highest BCUT2D eigenvalue weighted by Crippen LogP contribution is 2.21. The molecule has 0 saturated carbocycles. The molecule has 1 aliphatic rings. The number of esters is 2. The summed E-state index contributed by atoms with van der Waals surface area (Å²) in [6, 6.07) is 0. The molecule has 2 atom stereocenters. The zero-order valence-corrected chi connectivity index (χ0v) is 7.20. The van der Waals surface area contributed by atoms with Crippen LogP contribution in [-0.4, -0.2) is 24.6 Å². The van der Waals surface area contributed by atoms with Gasteiger partial charge in [-0.15, -0.1) is 0 Å². The number of cyclic esters (lactones) is 1. The molecule has 0 aliphatic carbocycles. The quantitative estimate of drug-likeness (QED) is 0.569. The minimum atomic E-state index is -0.342. The van der Waals surface area contributed by atoms with E-state index in [1.54, 1.807) is 0 Å². The molecule has 68 valence electrons. The molecule has 0 amide bonds. The first-order valence-corrected chi connectivity index (χ1v) is 3.92. The summed E-state index contributed by atoms with van der Waals surface area (Å²) in [5, 5.41) is 0. The second-order valence-corrected chi connectivity index (χ2v) is 3.01. The SMILES string of the molecule is CC(=O)OC[C@H]1OC(=O)C[C@@H]1C. The second-order valence-electron chi connectivity index (χ2n) is 3.01. The van der Waals surface area contributed by atoms with Gasteiger partial charge in [-0.3, -0.25) is 9.59 Å². The topological polar surface area (TPSA) is 52.6 Å². The average molecular weight is 172 g/mol. The number of carbonyl (C=O) groups is 2. The number of hydrogen-bond donors (Lipinski definition) is 0. The summed E-state index contributed by atoms with van der Waals surface area (Å²) in [5.41, 5.74) is 0. The van der Waals surface area contributed by atoms with Gasteiger partial charge in [0.05, 0.1) is 6.42 Å². The minimum Gasteiger partial charge on any atom is -0.462 e. The monoisotopic (exact) mass is 172 g/mol. The first kappa shape index (κ1) is 9.03. The van der Waals surface area contributed by atoms with Crippen molar-refractivity contribution in [1.29, 1.82) is 0 Å². The van der Waals surface area contributed by atoms with Gasteiger partial charge < -0.3 is 9.47 Å². The Morgan fingerprint density at radius 2 is 2.42 bits per heavy atom. The van der Waals surface area contributed by atoms with Crippen LogP contribution in [0.1, 0.15) is 20.3 Å². The summed E-state index contributed by atoms with van der Waals surface area (Å²) < 4.78 is 9.64. The highest BCUT2D eigenvalue weighted by molar-refractivity contribution is 5.72. The van der Waals surface area contributed by atoms with E-state index in [1.807, 2.05) is 6.92 Å². The molecule has 0 radical (unpaired) electrons. The Morgan fingerprint density at radius 3 is 2.83 bits per heavy atom. The molecule has 1 fully saturated rings. The number of ether oxygens (including phenoxy) is 2. The average Bonchev–Trinajstić information content (AvgIpc) is 2.26. The first-order chi connectivity index (χ1) is 5.59. The van der Waals surface area contributed by atoms with Gasteiger partial charge in [-0.1, -0.05) is 6.92 Å². The Bertz CT molecular complexity index is 199. The molecule has 0 unspecified atom stereocenters. The lowest BCUT2D eigenvalue weighted by atomic mass is 10.1. The van der Waals surface area contributed by atoms with Crippen molar-refractivity contribution in [3.63, 3.8) is 0 Å². The molecule has 0 aromatic heterocycles. The van der Waals surface area contributed by atoms with E-state index < -0.39 is 0 Å². The van der Waals surface area contributed by atoms with E-state index in [4.69, 9.17) is 9.47 Å². The van der Waals surface area contributed by atoms with Crippen molar-refractivity contribution < 1.29 is 19.1 Å². The van der Waals surface area contributed by atoms with Crippen LogP contribution in [0.2, 0.25) is 0 Å². The van der Waals surface area contributed by atoms with Gasteiger partial charge in [0.1, 0.15) is 12.7 Å². The molecule has 1 heterocycles. The smallest absolute Gasteiger partial charge is 0.306 e. The van der Waals surface area contributed by atoms with Crippen LogP contribution < -0.4 is 0 Å². The molecule has 0 spiro atoms. The van der Waals surface area contributed by atoms with Crippen LogP contribution in [0.25, 0.3) is 0 Å². The molecule has 4 heteroatoms. The maximum absolute atomic E-state index is 10.7. The standard InChI is InChI=1S/C8H12O4/c1-5-3-8(10)12-7(5)4-11-6(2)9/h5,7H,3-4H2,1-2H3/t5-,7+/m0/s1. The third kappa shape index (κ3) is 2.22.